The van der Waals surface area contributed by atoms with Gasteiger partial charge in [-0.25, -0.2) is 14.1 Å². The average molecular weight is 525 g/mol. The molecule has 0 saturated carbocycles. The monoisotopic (exact) mass is 525 g/mol. The molecule has 0 fully saturated rings. The van der Waals surface area contributed by atoms with Crippen LogP contribution in [0.1, 0.15) is 11.3 Å². The average Bonchev–Trinajstić information content (AvgIpc) is 3.29. The number of rotatable bonds is 7. The van der Waals surface area contributed by atoms with Crippen LogP contribution in [-0.2, 0) is 12.7 Å². The van der Waals surface area contributed by atoms with Crippen molar-refractivity contribution in [2.75, 3.05) is 13.2 Å². The number of ether oxygens (including phenoxy) is 1. The lowest BCUT2D eigenvalue weighted by molar-refractivity contribution is -0.137. The molecule has 12 heteroatoms. The van der Waals surface area contributed by atoms with Gasteiger partial charge in [0.25, 0.3) is 5.56 Å². The van der Waals surface area contributed by atoms with E-state index in [2.05, 4.69) is 15.1 Å². The van der Waals surface area contributed by atoms with E-state index in [0.29, 0.717) is 22.5 Å². The van der Waals surface area contributed by atoms with Gasteiger partial charge in [0.1, 0.15) is 18.1 Å². The summed E-state index contributed by atoms with van der Waals surface area (Å²) in [5.74, 6) is -0.587. The van der Waals surface area contributed by atoms with E-state index in [1.165, 1.54) is 52.0 Å². The predicted molar refractivity (Wildman–Crippen MR) is 129 cm³/mol. The molecular weight excluding hydrogens is 506 g/mol. The molecule has 0 amide bonds. The van der Waals surface area contributed by atoms with Crippen molar-refractivity contribution >= 4 is 10.9 Å². The van der Waals surface area contributed by atoms with Gasteiger partial charge in [0.05, 0.1) is 41.0 Å². The molecule has 3 aromatic heterocycles. The lowest BCUT2D eigenvalue weighted by atomic mass is 10.1. The maximum absolute atomic E-state index is 14.9. The third-order valence-corrected chi connectivity index (χ3v) is 5.71. The highest BCUT2D eigenvalue weighted by atomic mass is 19.4. The van der Waals surface area contributed by atoms with Crippen LogP contribution in [0.25, 0.3) is 27.8 Å². The van der Waals surface area contributed by atoms with Gasteiger partial charge >= 0.3 is 12.2 Å². The van der Waals surface area contributed by atoms with Crippen LogP contribution in [0.5, 0.6) is 6.01 Å². The first kappa shape index (κ1) is 25.1. The fraction of sp³-hybridized carbons (Fsp3) is 0.154. The smallest absolute Gasteiger partial charge is 0.416 e. The second-order valence-electron chi connectivity index (χ2n) is 8.22. The Morgan fingerprint density at radius 2 is 1.82 bits per heavy atom. The summed E-state index contributed by atoms with van der Waals surface area (Å²) in [4.78, 5) is 21.1. The minimum Gasteiger partial charge on any atom is -0.461 e. The zero-order valence-electron chi connectivity index (χ0n) is 19.6. The van der Waals surface area contributed by atoms with E-state index < -0.39 is 23.1 Å². The molecule has 0 bridgehead atoms. The fourth-order valence-corrected chi connectivity index (χ4v) is 3.95. The van der Waals surface area contributed by atoms with Crippen molar-refractivity contribution in [3.8, 4) is 23.0 Å². The zero-order chi connectivity index (χ0) is 26.9. The quantitative estimate of drug-likeness (QED) is 0.320. The Hall–Kier alpha value is -4.58. The van der Waals surface area contributed by atoms with Gasteiger partial charge in [0.15, 0.2) is 0 Å². The molecule has 0 radical (unpaired) electrons. The summed E-state index contributed by atoms with van der Waals surface area (Å²) in [5.41, 5.74) is 0.406. The summed E-state index contributed by atoms with van der Waals surface area (Å²) in [6.07, 6.45) is -1.51. The Morgan fingerprint density at radius 1 is 1.03 bits per heavy atom. The summed E-state index contributed by atoms with van der Waals surface area (Å²) < 4.78 is 61.9. The maximum atomic E-state index is 14.9. The highest BCUT2D eigenvalue weighted by molar-refractivity contribution is 5.94. The van der Waals surface area contributed by atoms with Gasteiger partial charge in [-0.1, -0.05) is 6.07 Å². The Labute approximate surface area is 212 Å². The van der Waals surface area contributed by atoms with Crippen LogP contribution in [0.2, 0.25) is 0 Å². The predicted octanol–water partition coefficient (Wildman–Crippen LogP) is 4.22. The van der Waals surface area contributed by atoms with Crippen LogP contribution in [0.15, 0.2) is 77.9 Å². The summed E-state index contributed by atoms with van der Waals surface area (Å²) in [5, 5.41) is 13.5. The molecule has 0 saturated heterocycles. The molecule has 5 aromatic rings. The van der Waals surface area contributed by atoms with E-state index in [1.807, 2.05) is 0 Å². The van der Waals surface area contributed by atoms with Gasteiger partial charge in [0.2, 0.25) is 0 Å². The van der Waals surface area contributed by atoms with Crippen molar-refractivity contribution < 1.29 is 27.4 Å². The molecule has 0 aliphatic carbocycles. The number of aliphatic hydroxyl groups is 1. The van der Waals surface area contributed by atoms with Crippen molar-refractivity contribution in [3.05, 3.63) is 100 Å². The minimum absolute atomic E-state index is 0.0295. The number of halogens is 4. The molecule has 0 atom stereocenters. The number of hydrogen-bond donors (Lipinski definition) is 1. The van der Waals surface area contributed by atoms with Crippen molar-refractivity contribution in [3.63, 3.8) is 0 Å². The first-order chi connectivity index (χ1) is 18.2. The Balaban J connectivity index is 1.51. The zero-order valence-corrected chi connectivity index (χ0v) is 19.6. The SMILES string of the molecule is O=c1cc(-c2nn(-c3ccc(C(F)(F)F)cc3)c3cccc(F)c23)ccn1Cc1ccnc(OCCO)n1. The first-order valence-electron chi connectivity index (χ1n) is 11.4. The number of aliphatic hydroxyl groups excluding tert-OH is 1. The van der Waals surface area contributed by atoms with Gasteiger partial charge in [-0.15, -0.1) is 0 Å². The highest BCUT2D eigenvalue weighted by Gasteiger charge is 2.30. The molecule has 5 rings (SSSR count). The first-order valence-corrected chi connectivity index (χ1v) is 11.4. The number of aromatic nitrogens is 5. The largest absolute Gasteiger partial charge is 0.461 e. The maximum Gasteiger partial charge on any atom is 0.416 e. The van der Waals surface area contributed by atoms with E-state index in [9.17, 15) is 22.4 Å². The third kappa shape index (κ3) is 4.98. The van der Waals surface area contributed by atoms with Crippen molar-refractivity contribution in [2.24, 2.45) is 0 Å². The number of alkyl halides is 3. The van der Waals surface area contributed by atoms with Gasteiger partial charge in [-0.3, -0.25) is 4.79 Å². The second kappa shape index (κ2) is 10.1. The number of fused-ring (bicyclic) bond motifs is 1. The lowest BCUT2D eigenvalue weighted by Crippen LogP contribution is -2.20. The van der Waals surface area contributed by atoms with Gasteiger partial charge in [0, 0.05) is 24.0 Å². The van der Waals surface area contributed by atoms with Crippen molar-refractivity contribution in [1.82, 2.24) is 24.3 Å². The molecule has 0 spiro atoms. The normalized spacial score (nSPS) is 11.7. The van der Waals surface area contributed by atoms with E-state index in [1.54, 1.807) is 18.2 Å². The van der Waals surface area contributed by atoms with Gasteiger partial charge in [-0.2, -0.15) is 23.3 Å². The number of benzene rings is 2. The molecule has 8 nitrogen and oxygen atoms in total. The molecular formula is C26H19F4N5O3. The molecule has 0 aliphatic rings. The highest BCUT2D eigenvalue weighted by Crippen LogP contribution is 2.33. The van der Waals surface area contributed by atoms with Crippen LogP contribution in [0.4, 0.5) is 17.6 Å². The lowest BCUT2D eigenvalue weighted by Gasteiger charge is -2.08. The van der Waals surface area contributed by atoms with Gasteiger partial charge in [-0.05, 0) is 48.5 Å². The van der Waals surface area contributed by atoms with E-state index in [0.717, 1.165) is 12.1 Å². The van der Waals surface area contributed by atoms with Crippen LogP contribution in [0.3, 0.4) is 0 Å². The molecule has 2 aromatic carbocycles. The molecule has 0 aliphatic heterocycles. The molecule has 1 N–H and O–H groups in total. The molecule has 3 heterocycles. The summed E-state index contributed by atoms with van der Waals surface area (Å²) in [7, 11) is 0. The van der Waals surface area contributed by atoms with E-state index >= 15 is 0 Å². The van der Waals surface area contributed by atoms with E-state index in [4.69, 9.17) is 9.84 Å². The Bertz CT molecular complexity index is 1660. The second-order valence-corrected chi connectivity index (χ2v) is 8.22. The summed E-state index contributed by atoms with van der Waals surface area (Å²) in [6.45, 7) is -0.0631. The summed E-state index contributed by atoms with van der Waals surface area (Å²) in [6, 6.07) is 13.3. The Kier molecular flexibility index (Phi) is 6.64. The number of hydrogen-bond acceptors (Lipinski definition) is 6. The van der Waals surface area contributed by atoms with Crippen LogP contribution < -0.4 is 10.3 Å². The third-order valence-electron chi connectivity index (χ3n) is 5.71. The van der Waals surface area contributed by atoms with Crippen LogP contribution in [0, 0.1) is 5.82 Å². The molecule has 194 valence electrons. The number of pyridine rings is 1. The van der Waals surface area contributed by atoms with Crippen molar-refractivity contribution in [2.45, 2.75) is 12.7 Å². The standard InChI is InChI=1S/C26H19F4N5O3/c27-20-2-1-3-21-23(20)24(33-35(21)19-6-4-17(5-7-19)26(28,29)30)16-9-11-34(22(37)14-16)15-18-8-10-31-25(32-18)38-13-12-36/h1-11,14,36H,12-13,15H2. The fourth-order valence-electron chi connectivity index (χ4n) is 3.95. The van der Waals surface area contributed by atoms with Crippen LogP contribution >= 0.6 is 0 Å². The number of nitrogens with zero attached hydrogens (tertiary/aromatic N) is 5. The summed E-state index contributed by atoms with van der Waals surface area (Å²) >= 11 is 0. The van der Waals surface area contributed by atoms with E-state index in [-0.39, 0.29) is 36.8 Å². The topological polar surface area (TPSA) is 95.1 Å². The van der Waals surface area contributed by atoms with Gasteiger partial charge < -0.3 is 14.4 Å². The minimum atomic E-state index is -4.49. The molecule has 0 unspecified atom stereocenters. The van der Waals surface area contributed by atoms with Crippen LogP contribution in [-0.4, -0.2) is 42.6 Å². The van der Waals surface area contributed by atoms with Crippen molar-refractivity contribution in [1.29, 1.82) is 0 Å². The Morgan fingerprint density at radius 3 is 2.53 bits per heavy atom. The molecule has 38 heavy (non-hydrogen) atoms.